The van der Waals surface area contributed by atoms with Crippen molar-refractivity contribution in [1.82, 2.24) is 5.32 Å². The number of amides is 1. The van der Waals surface area contributed by atoms with Crippen molar-refractivity contribution in [1.29, 1.82) is 0 Å². The highest BCUT2D eigenvalue weighted by Gasteiger charge is 2.51. The van der Waals surface area contributed by atoms with Crippen LogP contribution in [0.2, 0.25) is 0 Å². The summed E-state index contributed by atoms with van der Waals surface area (Å²) in [5.41, 5.74) is 0. The number of hydrogen-bond donors (Lipinski definition) is 9. The van der Waals surface area contributed by atoms with Gasteiger partial charge in [0.15, 0.2) is 12.6 Å². The van der Waals surface area contributed by atoms with Gasteiger partial charge in [0, 0.05) is 6.42 Å². The summed E-state index contributed by atoms with van der Waals surface area (Å²) >= 11 is 0. The summed E-state index contributed by atoms with van der Waals surface area (Å²) in [5.74, 6) is -0.235. The van der Waals surface area contributed by atoms with Crippen LogP contribution < -0.4 is 5.32 Å². The van der Waals surface area contributed by atoms with Crippen molar-refractivity contribution in [2.24, 2.45) is 0 Å². The van der Waals surface area contributed by atoms with Crippen molar-refractivity contribution in [3.05, 3.63) is 85.1 Å². The molecule has 2 aliphatic heterocycles. The molecule has 14 heteroatoms. The van der Waals surface area contributed by atoms with Gasteiger partial charge in [0.05, 0.1) is 32.0 Å². The first-order chi connectivity index (χ1) is 47.6. The number of allylic oxidation sites excluding steroid dienone is 13. The zero-order valence-electron chi connectivity index (χ0n) is 61.8. The first-order valence-corrected chi connectivity index (χ1v) is 40.3. The molecule has 2 saturated heterocycles. The molecule has 0 aromatic heterocycles. The van der Waals surface area contributed by atoms with E-state index in [2.05, 4.69) is 92.1 Å². The molecule has 1 amide bonds. The second kappa shape index (κ2) is 66.4. The van der Waals surface area contributed by atoms with Gasteiger partial charge in [-0.3, -0.25) is 4.79 Å². The monoisotopic (exact) mass is 1370 g/mol. The fourth-order valence-corrected chi connectivity index (χ4v) is 13.0. The highest BCUT2D eigenvalue weighted by Crippen LogP contribution is 2.30. The first kappa shape index (κ1) is 90.3. The van der Waals surface area contributed by atoms with Gasteiger partial charge < -0.3 is 65.1 Å². The number of rotatable bonds is 67. The van der Waals surface area contributed by atoms with Gasteiger partial charge in [-0.25, -0.2) is 0 Å². The van der Waals surface area contributed by atoms with E-state index in [1.54, 1.807) is 6.08 Å². The molecule has 2 fully saturated rings. The maximum absolute atomic E-state index is 13.4. The molecule has 0 aromatic rings. The zero-order chi connectivity index (χ0) is 70.1. The quantitative estimate of drug-likeness (QED) is 0.0204. The molecule has 564 valence electrons. The van der Waals surface area contributed by atoms with Crippen molar-refractivity contribution < 1.29 is 64.6 Å². The third kappa shape index (κ3) is 49.4. The predicted molar refractivity (Wildman–Crippen MR) is 401 cm³/mol. The number of carbonyl (C=O) groups is 1. The van der Waals surface area contributed by atoms with E-state index in [-0.39, 0.29) is 18.9 Å². The minimum Gasteiger partial charge on any atom is -0.394 e. The Morgan fingerprint density at radius 3 is 1.09 bits per heavy atom. The lowest BCUT2D eigenvalue weighted by molar-refractivity contribution is -0.359. The number of aliphatic hydroxyl groups is 8. The van der Waals surface area contributed by atoms with Crippen molar-refractivity contribution >= 4 is 5.91 Å². The smallest absolute Gasteiger partial charge is 0.220 e. The SMILES string of the molecule is CC/C=C\C/C=C\C/C=C\C/C=C\C/C=C\C/C=C\CCCCCCCCCCCCCCCCCCCCCCC(=O)NC(COC1OC(CO)C(OC2OC(CO)C(O)C(O)C2O)C(O)C1O)C(O)/C=C/CCCCCCCCCCCCCCCCCCCCCCCC. The van der Waals surface area contributed by atoms with Gasteiger partial charge in [-0.1, -0.05) is 349 Å². The van der Waals surface area contributed by atoms with Crippen LogP contribution in [0.25, 0.3) is 0 Å². The third-order valence-electron chi connectivity index (χ3n) is 19.3. The molecular formula is C83H149NO13. The van der Waals surface area contributed by atoms with Crippen molar-refractivity contribution in [3.8, 4) is 0 Å². The summed E-state index contributed by atoms with van der Waals surface area (Å²) in [4.78, 5) is 13.4. The van der Waals surface area contributed by atoms with E-state index in [0.29, 0.717) is 6.42 Å². The minimum atomic E-state index is -1.79. The average molecular weight is 1370 g/mol. The van der Waals surface area contributed by atoms with Gasteiger partial charge in [-0.2, -0.15) is 0 Å². The number of unbranched alkanes of at least 4 members (excludes halogenated alkanes) is 42. The Morgan fingerprint density at radius 1 is 0.381 bits per heavy atom. The average Bonchev–Trinajstić information content (AvgIpc) is 0.794. The highest BCUT2D eigenvalue weighted by atomic mass is 16.7. The molecule has 9 N–H and O–H groups in total. The number of carbonyl (C=O) groups excluding carboxylic acids is 1. The van der Waals surface area contributed by atoms with Crippen molar-refractivity contribution in [2.75, 3.05) is 19.8 Å². The van der Waals surface area contributed by atoms with Gasteiger partial charge in [0.2, 0.25) is 5.91 Å². The predicted octanol–water partition coefficient (Wildman–Crippen LogP) is 18.3. The molecular weight excluding hydrogens is 1220 g/mol. The Hall–Kier alpha value is -2.83. The molecule has 12 atom stereocenters. The van der Waals surface area contributed by atoms with Gasteiger partial charge in [-0.05, 0) is 70.6 Å². The lowest BCUT2D eigenvalue weighted by Crippen LogP contribution is -2.65. The molecule has 0 saturated carbocycles. The number of nitrogens with one attached hydrogen (secondary N) is 1. The molecule has 2 aliphatic rings. The van der Waals surface area contributed by atoms with E-state index in [4.69, 9.17) is 18.9 Å². The number of ether oxygens (including phenoxy) is 4. The number of aliphatic hydroxyl groups excluding tert-OH is 8. The molecule has 0 bridgehead atoms. The van der Waals surface area contributed by atoms with Crippen LogP contribution in [0.1, 0.15) is 341 Å². The molecule has 2 rings (SSSR count). The van der Waals surface area contributed by atoms with Crippen LogP contribution >= 0.6 is 0 Å². The first-order valence-electron chi connectivity index (χ1n) is 40.3. The third-order valence-corrected chi connectivity index (χ3v) is 19.3. The topological polar surface area (TPSA) is 228 Å². The van der Waals surface area contributed by atoms with E-state index in [1.165, 1.54) is 238 Å². The summed E-state index contributed by atoms with van der Waals surface area (Å²) in [6.07, 6.45) is 76.6. The molecule has 2 heterocycles. The van der Waals surface area contributed by atoms with Crippen LogP contribution in [0.4, 0.5) is 0 Å². The summed E-state index contributed by atoms with van der Waals surface area (Å²) in [6.45, 7) is 2.73. The lowest BCUT2D eigenvalue weighted by atomic mass is 9.97. The molecule has 12 unspecified atom stereocenters. The largest absolute Gasteiger partial charge is 0.394 e. The van der Waals surface area contributed by atoms with Gasteiger partial charge >= 0.3 is 0 Å². The van der Waals surface area contributed by atoms with Crippen LogP contribution in [-0.4, -0.2) is 140 Å². The Bertz CT molecular complexity index is 1950. The summed E-state index contributed by atoms with van der Waals surface area (Å²) in [6, 6.07) is -0.918. The zero-order valence-corrected chi connectivity index (χ0v) is 61.8. The highest BCUT2D eigenvalue weighted by molar-refractivity contribution is 5.76. The van der Waals surface area contributed by atoms with E-state index in [9.17, 15) is 45.6 Å². The van der Waals surface area contributed by atoms with Gasteiger partial charge in [0.1, 0.15) is 48.8 Å². The molecule has 0 aromatic carbocycles. The number of hydrogen-bond acceptors (Lipinski definition) is 13. The second-order valence-electron chi connectivity index (χ2n) is 28.2. The van der Waals surface area contributed by atoms with Gasteiger partial charge in [0.25, 0.3) is 0 Å². The maximum atomic E-state index is 13.4. The fraction of sp³-hybridized carbons (Fsp3) is 0.819. The van der Waals surface area contributed by atoms with Crippen molar-refractivity contribution in [2.45, 2.75) is 415 Å². The normalized spacial score (nSPS) is 22.6. The van der Waals surface area contributed by atoms with Gasteiger partial charge in [-0.15, -0.1) is 0 Å². The molecule has 97 heavy (non-hydrogen) atoms. The van der Waals surface area contributed by atoms with Crippen LogP contribution in [0.15, 0.2) is 85.1 Å². The Balaban J connectivity index is 1.59. The maximum Gasteiger partial charge on any atom is 0.220 e. The fourth-order valence-electron chi connectivity index (χ4n) is 13.0. The van der Waals surface area contributed by atoms with E-state index >= 15 is 0 Å². The Morgan fingerprint density at radius 2 is 0.711 bits per heavy atom. The van der Waals surface area contributed by atoms with E-state index in [0.717, 1.165) is 77.0 Å². The second-order valence-corrected chi connectivity index (χ2v) is 28.2. The van der Waals surface area contributed by atoms with E-state index < -0.39 is 86.8 Å². The molecule has 14 nitrogen and oxygen atoms in total. The lowest BCUT2D eigenvalue weighted by Gasteiger charge is -2.46. The summed E-state index contributed by atoms with van der Waals surface area (Å²) in [7, 11) is 0. The Labute approximate surface area is 592 Å². The van der Waals surface area contributed by atoms with E-state index in [1.807, 2.05) is 6.08 Å². The minimum absolute atomic E-state index is 0.235. The standard InChI is InChI=1S/C83H149NO13/c1-3-5-7-9-11-13-15-17-19-21-23-25-27-29-30-31-32-33-34-35-36-37-38-39-40-41-42-43-45-47-49-51-53-55-57-59-61-63-65-67-75(88)84-71(70-94-82-80(93)78(91)81(74(69-86)96-82)97-83-79(92)77(90)76(89)73(68-85)95-83)72(87)66-64-62-60-58-56-54-52-50-48-46-44-28-26-24-22-20-18-16-14-12-10-8-6-4-2/h5,7,11,13,17,19,23,25,29-30,32-33,64,66,71-74,76-83,85-87,89-93H,3-4,6,8-10,12,14-16,18,20-22,24,26-28,31,34-63,65,67-70H2,1-2H3,(H,84,88)/b7-5-,13-11-,19-17-,25-23-,30-29-,33-32-,66-64+. The van der Waals surface area contributed by atoms with Crippen LogP contribution in [0.5, 0.6) is 0 Å². The summed E-state index contributed by atoms with van der Waals surface area (Å²) in [5, 5.41) is 87.7. The van der Waals surface area contributed by atoms with Crippen LogP contribution in [0, 0.1) is 0 Å². The molecule has 0 spiro atoms. The molecule has 0 radical (unpaired) electrons. The van der Waals surface area contributed by atoms with Crippen molar-refractivity contribution in [3.63, 3.8) is 0 Å². The van der Waals surface area contributed by atoms with Crippen LogP contribution in [-0.2, 0) is 23.7 Å². The summed E-state index contributed by atoms with van der Waals surface area (Å²) < 4.78 is 22.9. The van der Waals surface area contributed by atoms with Crippen LogP contribution in [0.3, 0.4) is 0 Å². The molecule has 0 aliphatic carbocycles. The Kier molecular flexibility index (Phi) is 61.8.